The predicted molar refractivity (Wildman–Crippen MR) is 79.4 cm³/mol. The Kier molecular flexibility index (Phi) is 4.39. The molecule has 0 spiro atoms. The van der Waals surface area contributed by atoms with Gasteiger partial charge in [0.15, 0.2) is 6.29 Å². The van der Waals surface area contributed by atoms with Gasteiger partial charge in [-0.1, -0.05) is 18.2 Å². The number of aldehydes is 1. The van der Waals surface area contributed by atoms with Gasteiger partial charge in [-0.3, -0.25) is 14.8 Å². The van der Waals surface area contributed by atoms with Gasteiger partial charge in [0.05, 0.1) is 12.2 Å². The predicted octanol–water partition coefficient (Wildman–Crippen LogP) is 2.74. The third-order valence-electron chi connectivity index (χ3n) is 2.74. The minimum atomic E-state index is 0.565. The molecule has 2 aromatic rings. The molecule has 19 heavy (non-hydrogen) atoms. The Balaban J connectivity index is 2.22. The van der Waals surface area contributed by atoms with Crippen LogP contribution in [0.25, 0.3) is 10.9 Å². The van der Waals surface area contributed by atoms with Crippen LogP contribution in [0.15, 0.2) is 52.6 Å². The Morgan fingerprint density at radius 1 is 1.32 bits per heavy atom. The molecule has 96 valence electrons. The molecule has 2 rings (SSSR count). The number of nitrogens with zero attached hydrogens (tertiary/aromatic N) is 3. The standard InChI is InChI=1S/C15H15N3O/c1-16-7-4-8-17-9-10-18-14(12-19)11-13-5-2-3-6-15(13)18/h2-9,11-12H,10H2,1H3/b8-4-,16-7?,17-9?. The number of benzene rings is 1. The highest BCUT2D eigenvalue weighted by Crippen LogP contribution is 2.18. The van der Waals surface area contributed by atoms with Gasteiger partial charge in [-0.2, -0.15) is 0 Å². The third-order valence-corrected chi connectivity index (χ3v) is 2.74. The molecule has 1 heterocycles. The molecule has 0 aliphatic heterocycles. The van der Waals surface area contributed by atoms with Crippen molar-refractivity contribution in [2.24, 2.45) is 9.98 Å². The van der Waals surface area contributed by atoms with Gasteiger partial charge in [-0.25, -0.2) is 0 Å². The van der Waals surface area contributed by atoms with Crippen LogP contribution in [0, 0.1) is 0 Å². The highest BCUT2D eigenvalue weighted by Gasteiger charge is 2.05. The monoisotopic (exact) mass is 253 g/mol. The average molecular weight is 253 g/mol. The average Bonchev–Trinajstić information content (AvgIpc) is 2.81. The smallest absolute Gasteiger partial charge is 0.166 e. The number of hydrogen-bond donors (Lipinski definition) is 0. The molecule has 0 aliphatic carbocycles. The Bertz CT molecular complexity index is 650. The fourth-order valence-corrected chi connectivity index (χ4v) is 1.90. The lowest BCUT2D eigenvalue weighted by molar-refractivity contribution is 0.111. The van der Waals surface area contributed by atoms with Gasteiger partial charge in [0.1, 0.15) is 0 Å². The molecule has 0 aliphatic rings. The second kappa shape index (κ2) is 6.44. The van der Waals surface area contributed by atoms with Crippen molar-refractivity contribution >= 4 is 29.6 Å². The Morgan fingerprint density at radius 2 is 2.16 bits per heavy atom. The van der Waals surface area contributed by atoms with Crippen molar-refractivity contribution in [1.29, 1.82) is 0 Å². The van der Waals surface area contributed by atoms with Gasteiger partial charge >= 0.3 is 0 Å². The zero-order valence-electron chi connectivity index (χ0n) is 10.7. The van der Waals surface area contributed by atoms with Crippen molar-refractivity contribution in [3.8, 4) is 0 Å². The van der Waals surface area contributed by atoms with Crippen molar-refractivity contribution in [2.45, 2.75) is 6.54 Å². The molecule has 4 heteroatoms. The van der Waals surface area contributed by atoms with E-state index in [9.17, 15) is 4.79 Å². The maximum atomic E-state index is 11.1. The first-order valence-electron chi connectivity index (χ1n) is 5.99. The normalized spacial score (nSPS) is 12.3. The van der Waals surface area contributed by atoms with Crippen LogP contribution < -0.4 is 0 Å². The molecule has 1 aromatic heterocycles. The van der Waals surface area contributed by atoms with Gasteiger partial charge in [-0.15, -0.1) is 0 Å². The molecule has 1 aromatic carbocycles. The Hall–Kier alpha value is -2.49. The lowest BCUT2D eigenvalue weighted by Crippen LogP contribution is -2.02. The third kappa shape index (κ3) is 3.04. The molecule has 0 amide bonds. The van der Waals surface area contributed by atoms with Gasteiger partial charge in [0.2, 0.25) is 0 Å². The summed E-state index contributed by atoms with van der Waals surface area (Å²) in [5, 5.41) is 1.06. The molecule has 0 N–H and O–H groups in total. The molecule has 4 nitrogen and oxygen atoms in total. The zero-order chi connectivity index (χ0) is 13.5. The maximum Gasteiger partial charge on any atom is 0.166 e. The second-order valence-corrected chi connectivity index (χ2v) is 3.94. The number of allylic oxidation sites excluding steroid dienone is 1. The van der Waals surface area contributed by atoms with Crippen LogP contribution in [-0.4, -0.2) is 30.3 Å². The molecular weight excluding hydrogens is 238 g/mol. The van der Waals surface area contributed by atoms with Gasteiger partial charge in [-0.05, 0) is 18.2 Å². The topological polar surface area (TPSA) is 46.7 Å². The minimum Gasteiger partial charge on any atom is -0.333 e. The van der Waals surface area contributed by atoms with Gasteiger partial charge < -0.3 is 4.57 Å². The van der Waals surface area contributed by atoms with Crippen LogP contribution in [0.1, 0.15) is 10.5 Å². The minimum absolute atomic E-state index is 0.565. The Morgan fingerprint density at radius 3 is 2.95 bits per heavy atom. The molecule has 0 fully saturated rings. The molecule has 0 radical (unpaired) electrons. The fraction of sp³-hybridized carbons (Fsp3) is 0.133. The number of para-hydroxylation sites is 1. The van der Waals surface area contributed by atoms with Crippen molar-refractivity contribution in [1.82, 2.24) is 4.57 Å². The van der Waals surface area contributed by atoms with Crippen molar-refractivity contribution in [3.63, 3.8) is 0 Å². The summed E-state index contributed by atoms with van der Waals surface area (Å²) in [4.78, 5) is 19.0. The number of hydrogen-bond acceptors (Lipinski definition) is 3. The first-order chi connectivity index (χ1) is 9.36. The lowest BCUT2D eigenvalue weighted by atomic mass is 10.2. The molecule has 0 saturated heterocycles. The fourth-order valence-electron chi connectivity index (χ4n) is 1.90. The summed E-state index contributed by atoms with van der Waals surface area (Å²) in [6.45, 7) is 0.565. The summed E-state index contributed by atoms with van der Waals surface area (Å²) >= 11 is 0. The maximum absolute atomic E-state index is 11.1. The van der Waals surface area contributed by atoms with E-state index in [2.05, 4.69) is 9.98 Å². The van der Waals surface area contributed by atoms with Gasteiger partial charge in [0, 0.05) is 36.6 Å². The molecule has 0 bridgehead atoms. The summed E-state index contributed by atoms with van der Waals surface area (Å²) in [6.07, 6.45) is 7.72. The zero-order valence-corrected chi connectivity index (χ0v) is 10.7. The first-order valence-corrected chi connectivity index (χ1v) is 5.99. The van der Waals surface area contributed by atoms with Crippen molar-refractivity contribution in [3.05, 3.63) is 48.3 Å². The van der Waals surface area contributed by atoms with E-state index in [0.29, 0.717) is 12.2 Å². The lowest BCUT2D eigenvalue weighted by Gasteiger charge is -2.02. The number of aromatic nitrogens is 1. The summed E-state index contributed by atoms with van der Waals surface area (Å²) in [6, 6.07) is 9.80. The van der Waals surface area contributed by atoms with E-state index in [1.54, 1.807) is 31.8 Å². The van der Waals surface area contributed by atoms with E-state index < -0.39 is 0 Å². The summed E-state index contributed by atoms with van der Waals surface area (Å²) in [5.74, 6) is 0. The SMILES string of the molecule is CN=C/C=C\N=CCn1c(C=O)cc2ccccc21. The van der Waals surface area contributed by atoms with Crippen LogP contribution in [0.4, 0.5) is 0 Å². The van der Waals surface area contributed by atoms with E-state index >= 15 is 0 Å². The van der Waals surface area contributed by atoms with Crippen molar-refractivity contribution in [2.75, 3.05) is 7.05 Å². The van der Waals surface area contributed by atoms with E-state index in [0.717, 1.165) is 17.2 Å². The first kappa shape index (κ1) is 13.0. The number of carbonyl (C=O) groups excluding carboxylic acids is 1. The van der Waals surface area contributed by atoms with Crippen LogP contribution in [0.3, 0.4) is 0 Å². The van der Waals surface area contributed by atoms with E-state index in [-0.39, 0.29) is 0 Å². The number of carbonyl (C=O) groups is 1. The summed E-state index contributed by atoms with van der Waals surface area (Å²) in [5.41, 5.74) is 1.70. The summed E-state index contributed by atoms with van der Waals surface area (Å²) in [7, 11) is 1.70. The number of rotatable bonds is 5. The van der Waals surface area contributed by atoms with Gasteiger partial charge in [0.25, 0.3) is 0 Å². The highest BCUT2D eigenvalue weighted by molar-refractivity contribution is 5.89. The van der Waals surface area contributed by atoms with Crippen molar-refractivity contribution < 1.29 is 4.79 Å². The molecule has 0 atom stereocenters. The highest BCUT2D eigenvalue weighted by atomic mass is 16.1. The quantitative estimate of drug-likeness (QED) is 0.597. The Labute approximate surface area is 111 Å². The largest absolute Gasteiger partial charge is 0.333 e. The number of fused-ring (bicyclic) bond motifs is 1. The van der Waals surface area contributed by atoms with E-state index in [1.807, 2.05) is 34.9 Å². The number of aliphatic imine (C=N–C) groups is 2. The molecular formula is C15H15N3O. The van der Waals surface area contributed by atoms with Crippen LogP contribution in [-0.2, 0) is 6.54 Å². The van der Waals surface area contributed by atoms with Crippen LogP contribution in [0.2, 0.25) is 0 Å². The van der Waals surface area contributed by atoms with Crippen LogP contribution >= 0.6 is 0 Å². The summed E-state index contributed by atoms with van der Waals surface area (Å²) < 4.78 is 1.94. The molecule has 0 saturated carbocycles. The van der Waals surface area contributed by atoms with E-state index in [1.165, 1.54) is 0 Å². The van der Waals surface area contributed by atoms with E-state index in [4.69, 9.17) is 0 Å². The molecule has 0 unspecified atom stereocenters. The van der Waals surface area contributed by atoms with Crippen LogP contribution in [0.5, 0.6) is 0 Å². The second-order valence-electron chi connectivity index (χ2n) is 3.94.